The van der Waals surface area contributed by atoms with Gasteiger partial charge in [0.2, 0.25) is 10.0 Å². The van der Waals surface area contributed by atoms with Crippen LogP contribution in [0.4, 0.5) is 5.69 Å². The topological polar surface area (TPSA) is 75.7 Å². The summed E-state index contributed by atoms with van der Waals surface area (Å²) in [5.74, 6) is 0.0503. The van der Waals surface area contributed by atoms with Crippen LogP contribution in [0.25, 0.3) is 0 Å². The van der Waals surface area contributed by atoms with Gasteiger partial charge in [-0.1, -0.05) is 29.8 Å². The quantitative estimate of drug-likeness (QED) is 0.824. The minimum Gasteiger partial charge on any atom is -0.476 e. The van der Waals surface area contributed by atoms with Crippen molar-refractivity contribution in [3.05, 3.63) is 58.6 Å². The van der Waals surface area contributed by atoms with E-state index in [0.29, 0.717) is 29.4 Å². The molecule has 8 heteroatoms. The number of ether oxygens (including phenoxy) is 1. The van der Waals surface area contributed by atoms with E-state index in [-0.39, 0.29) is 12.5 Å². The van der Waals surface area contributed by atoms with Crippen LogP contribution in [-0.2, 0) is 21.2 Å². The Morgan fingerprint density at radius 2 is 1.96 bits per heavy atom. The highest BCUT2D eigenvalue weighted by Gasteiger charge is 2.34. The monoisotopic (exact) mass is 408 g/mol. The Labute approximate surface area is 164 Å². The van der Waals surface area contributed by atoms with E-state index < -0.39 is 16.1 Å². The summed E-state index contributed by atoms with van der Waals surface area (Å²) < 4.78 is 31.3. The van der Waals surface area contributed by atoms with Crippen molar-refractivity contribution in [1.82, 2.24) is 5.32 Å². The van der Waals surface area contributed by atoms with E-state index in [9.17, 15) is 13.2 Å². The van der Waals surface area contributed by atoms with Gasteiger partial charge < -0.3 is 10.1 Å². The predicted molar refractivity (Wildman–Crippen MR) is 106 cm³/mol. The maximum atomic E-state index is 12.5. The van der Waals surface area contributed by atoms with Crippen molar-refractivity contribution in [3.63, 3.8) is 0 Å². The molecule has 3 rings (SSSR count). The fourth-order valence-corrected chi connectivity index (χ4v) is 3.95. The molecule has 0 radical (unpaired) electrons. The Morgan fingerprint density at radius 1 is 1.26 bits per heavy atom. The molecule has 2 aromatic carbocycles. The van der Waals surface area contributed by atoms with Crippen molar-refractivity contribution < 1.29 is 17.9 Å². The van der Waals surface area contributed by atoms with Gasteiger partial charge in [0.1, 0.15) is 5.75 Å². The summed E-state index contributed by atoms with van der Waals surface area (Å²) in [6.45, 7) is 2.24. The van der Waals surface area contributed by atoms with Gasteiger partial charge in [-0.15, -0.1) is 0 Å². The zero-order valence-corrected chi connectivity index (χ0v) is 16.7. The number of amides is 1. The second-order valence-electron chi connectivity index (χ2n) is 6.54. The number of benzene rings is 2. The average molecular weight is 409 g/mol. The van der Waals surface area contributed by atoms with E-state index in [4.69, 9.17) is 16.3 Å². The maximum absolute atomic E-state index is 12.5. The number of hydrogen-bond acceptors (Lipinski definition) is 4. The molecule has 1 N–H and O–H groups in total. The molecule has 1 heterocycles. The van der Waals surface area contributed by atoms with Gasteiger partial charge in [-0.25, -0.2) is 8.42 Å². The molecule has 0 aromatic heterocycles. The summed E-state index contributed by atoms with van der Waals surface area (Å²) in [4.78, 5) is 12.5. The summed E-state index contributed by atoms with van der Waals surface area (Å²) in [6.07, 6.45) is 0.859. The van der Waals surface area contributed by atoms with E-state index in [1.165, 1.54) is 4.31 Å². The van der Waals surface area contributed by atoms with Crippen molar-refractivity contribution in [1.29, 1.82) is 0 Å². The van der Waals surface area contributed by atoms with Gasteiger partial charge in [0.25, 0.3) is 5.91 Å². The third-order valence-corrected chi connectivity index (χ3v) is 5.70. The van der Waals surface area contributed by atoms with Gasteiger partial charge in [0, 0.05) is 11.6 Å². The molecule has 0 aliphatic carbocycles. The van der Waals surface area contributed by atoms with Crippen LogP contribution < -0.4 is 14.4 Å². The number of rotatable bonds is 5. The van der Waals surface area contributed by atoms with Crippen LogP contribution in [0, 0.1) is 6.92 Å². The lowest BCUT2D eigenvalue weighted by atomic mass is 10.1. The predicted octanol–water partition coefficient (Wildman–Crippen LogP) is 2.53. The van der Waals surface area contributed by atoms with E-state index in [0.717, 1.165) is 17.4 Å². The number of hydrogen-bond donors (Lipinski definition) is 1. The van der Waals surface area contributed by atoms with Gasteiger partial charge in [-0.3, -0.25) is 9.10 Å². The molecule has 1 atom stereocenters. The lowest BCUT2D eigenvalue weighted by Crippen LogP contribution is -2.50. The van der Waals surface area contributed by atoms with Crippen molar-refractivity contribution in [2.75, 3.05) is 23.7 Å². The average Bonchev–Trinajstić information content (AvgIpc) is 2.61. The second-order valence-corrected chi connectivity index (χ2v) is 8.88. The highest BCUT2D eigenvalue weighted by Crippen LogP contribution is 2.35. The minimum atomic E-state index is -3.53. The van der Waals surface area contributed by atoms with Gasteiger partial charge in [0.05, 0.1) is 18.5 Å². The lowest BCUT2D eigenvalue weighted by Gasteiger charge is -2.34. The smallest absolute Gasteiger partial charge is 0.263 e. The normalized spacial score (nSPS) is 16.4. The minimum absolute atomic E-state index is 0.0539. The SMILES string of the molecule is Cc1ccc2c(c1)O[C@H](C(=O)NCCc1ccc(Cl)cc1)CN2S(C)(=O)=O. The number of carbonyl (C=O) groups excluding carboxylic acids is 1. The zero-order valence-electron chi connectivity index (χ0n) is 15.1. The van der Waals surface area contributed by atoms with Gasteiger partial charge in [0.15, 0.2) is 6.10 Å². The number of sulfonamides is 1. The van der Waals surface area contributed by atoms with Crippen molar-refractivity contribution in [3.8, 4) is 5.75 Å². The summed E-state index contributed by atoms with van der Waals surface area (Å²) in [5.41, 5.74) is 2.42. The van der Waals surface area contributed by atoms with Crippen LogP contribution >= 0.6 is 11.6 Å². The molecule has 0 saturated carbocycles. The summed E-state index contributed by atoms with van der Waals surface area (Å²) in [6, 6.07) is 12.6. The zero-order chi connectivity index (χ0) is 19.6. The molecule has 0 spiro atoms. The Bertz CT molecular complexity index is 945. The number of nitrogens with one attached hydrogen (secondary N) is 1. The summed E-state index contributed by atoms with van der Waals surface area (Å²) in [7, 11) is -3.53. The number of aryl methyl sites for hydroxylation is 1. The molecule has 27 heavy (non-hydrogen) atoms. The fraction of sp³-hybridized carbons (Fsp3) is 0.316. The molecule has 144 valence electrons. The Morgan fingerprint density at radius 3 is 2.63 bits per heavy atom. The second kappa shape index (κ2) is 7.78. The highest BCUT2D eigenvalue weighted by atomic mass is 35.5. The largest absolute Gasteiger partial charge is 0.476 e. The number of anilines is 1. The molecule has 0 saturated heterocycles. The number of halogens is 1. The third kappa shape index (κ3) is 4.73. The first-order valence-corrected chi connectivity index (χ1v) is 10.7. The molecule has 1 aliphatic rings. The first-order chi connectivity index (χ1) is 12.7. The third-order valence-electron chi connectivity index (χ3n) is 4.30. The van der Waals surface area contributed by atoms with E-state index >= 15 is 0 Å². The van der Waals surface area contributed by atoms with E-state index in [1.807, 2.05) is 25.1 Å². The first-order valence-electron chi connectivity index (χ1n) is 8.51. The van der Waals surface area contributed by atoms with Crippen molar-refractivity contribution in [2.24, 2.45) is 0 Å². The maximum Gasteiger partial charge on any atom is 0.263 e. The van der Waals surface area contributed by atoms with Gasteiger partial charge in [-0.05, 0) is 48.7 Å². The Balaban J connectivity index is 1.69. The molecule has 0 bridgehead atoms. The van der Waals surface area contributed by atoms with Crippen LogP contribution in [0.15, 0.2) is 42.5 Å². The summed E-state index contributed by atoms with van der Waals surface area (Å²) >= 11 is 5.86. The molecule has 0 unspecified atom stereocenters. The molecule has 6 nitrogen and oxygen atoms in total. The van der Waals surface area contributed by atoms with Crippen molar-refractivity contribution in [2.45, 2.75) is 19.4 Å². The van der Waals surface area contributed by atoms with Crippen LogP contribution in [-0.4, -0.2) is 39.8 Å². The van der Waals surface area contributed by atoms with Crippen LogP contribution in [0.1, 0.15) is 11.1 Å². The lowest BCUT2D eigenvalue weighted by molar-refractivity contribution is -0.127. The summed E-state index contributed by atoms with van der Waals surface area (Å²) in [5, 5.41) is 3.47. The van der Waals surface area contributed by atoms with Crippen LogP contribution in [0.2, 0.25) is 5.02 Å². The molecular formula is C19H21ClN2O4S. The molecule has 0 fully saturated rings. The standard InChI is InChI=1S/C19H21ClN2O4S/c1-13-3-8-16-17(11-13)26-18(12-22(16)27(2,24)25)19(23)21-10-9-14-4-6-15(20)7-5-14/h3-8,11,18H,9-10,12H2,1-2H3,(H,21,23)/t18-/m0/s1. The number of fused-ring (bicyclic) bond motifs is 1. The van der Waals surface area contributed by atoms with Crippen LogP contribution in [0.3, 0.4) is 0 Å². The number of nitrogens with zero attached hydrogens (tertiary/aromatic N) is 1. The molecule has 1 amide bonds. The molecule has 2 aromatic rings. The van der Waals surface area contributed by atoms with E-state index in [2.05, 4.69) is 5.32 Å². The van der Waals surface area contributed by atoms with Gasteiger partial charge >= 0.3 is 0 Å². The van der Waals surface area contributed by atoms with Crippen molar-refractivity contribution >= 4 is 33.2 Å². The van der Waals surface area contributed by atoms with Gasteiger partial charge in [-0.2, -0.15) is 0 Å². The van der Waals surface area contributed by atoms with E-state index in [1.54, 1.807) is 24.3 Å². The fourth-order valence-electron chi connectivity index (χ4n) is 2.91. The number of carbonyl (C=O) groups is 1. The first kappa shape index (κ1) is 19.5. The molecular weight excluding hydrogens is 388 g/mol. The Kier molecular flexibility index (Phi) is 5.62. The highest BCUT2D eigenvalue weighted by molar-refractivity contribution is 7.92. The Hall–Kier alpha value is -2.25. The van der Waals surface area contributed by atoms with Crippen LogP contribution in [0.5, 0.6) is 5.75 Å². The molecule has 1 aliphatic heterocycles.